The van der Waals surface area contributed by atoms with Crippen LogP contribution in [0.25, 0.3) is 10.9 Å². The van der Waals surface area contributed by atoms with Crippen LogP contribution in [0, 0.1) is 34.0 Å². The van der Waals surface area contributed by atoms with Gasteiger partial charge in [-0.2, -0.15) is 0 Å². The number of rotatable bonds is 10. The average molecular weight is 638 g/mol. The summed E-state index contributed by atoms with van der Waals surface area (Å²) in [6.07, 6.45) is 5.85. The number of para-hydroxylation sites is 1. The number of thioether (sulfide) groups is 1. The van der Waals surface area contributed by atoms with Crippen LogP contribution in [0.2, 0.25) is 0 Å². The van der Waals surface area contributed by atoms with Crippen molar-refractivity contribution in [1.29, 1.82) is 0 Å². The maximum absolute atomic E-state index is 13.6. The summed E-state index contributed by atoms with van der Waals surface area (Å²) >= 11 is 1.53. The van der Waals surface area contributed by atoms with Crippen molar-refractivity contribution in [2.24, 2.45) is 34.0 Å². The number of ketones is 1. The van der Waals surface area contributed by atoms with Gasteiger partial charge >= 0.3 is 5.97 Å². The van der Waals surface area contributed by atoms with E-state index >= 15 is 0 Å². The molecule has 0 aliphatic heterocycles. The van der Waals surface area contributed by atoms with E-state index in [1.54, 1.807) is 17.0 Å². The number of carbonyl (C=O) groups excluding carboxylic acids is 2. The number of ether oxygens (including phenoxy) is 1. The van der Waals surface area contributed by atoms with E-state index in [1.807, 2.05) is 31.2 Å². The standard InChI is InChI=1S/C36H51N3O5S/c1-8-34(6)19-28(35(7)23(2)13-15-36(24(3)31(34)42)16-14-27(40)30(35)36)44-29(41)20-45-33(4,5)21-37-17-18-39-22-38-26-12-10-9-11-25(26)32(39)43/h8-12,22-24,28,30-31,37,42H,1,13-21H2,2-7H3/t23-,24+,28-,30+,31+,34-,35+,36+/m1/s1. The fourth-order valence-electron chi connectivity index (χ4n) is 8.85. The van der Waals surface area contributed by atoms with Gasteiger partial charge in [-0.1, -0.05) is 45.9 Å². The summed E-state index contributed by atoms with van der Waals surface area (Å²) in [6.45, 7) is 18.5. The Kier molecular flexibility index (Phi) is 9.49. The number of carbonyl (C=O) groups is 2. The molecular formula is C36H51N3O5S. The predicted molar refractivity (Wildman–Crippen MR) is 180 cm³/mol. The lowest BCUT2D eigenvalue weighted by molar-refractivity contribution is -0.205. The number of aliphatic hydroxyl groups excluding tert-OH is 1. The van der Waals surface area contributed by atoms with Crippen LogP contribution in [-0.2, 0) is 20.9 Å². The first-order valence-electron chi connectivity index (χ1n) is 16.5. The minimum absolute atomic E-state index is 0.0552. The lowest BCUT2D eigenvalue weighted by Crippen LogP contribution is -2.63. The Morgan fingerprint density at radius 3 is 2.71 bits per heavy atom. The highest BCUT2D eigenvalue weighted by atomic mass is 32.2. The van der Waals surface area contributed by atoms with Gasteiger partial charge in [-0.25, -0.2) is 4.98 Å². The molecule has 0 unspecified atom stereocenters. The molecule has 3 aliphatic carbocycles. The van der Waals surface area contributed by atoms with Gasteiger partial charge in [0.2, 0.25) is 0 Å². The van der Waals surface area contributed by atoms with Crippen LogP contribution in [0.3, 0.4) is 0 Å². The van der Waals surface area contributed by atoms with Crippen molar-refractivity contribution in [3.8, 4) is 0 Å². The van der Waals surface area contributed by atoms with E-state index < -0.39 is 23.0 Å². The molecule has 246 valence electrons. The Balaban J connectivity index is 1.24. The number of fused-ring (bicyclic) bond motifs is 1. The number of hydrogen-bond donors (Lipinski definition) is 2. The monoisotopic (exact) mass is 637 g/mol. The molecule has 3 fully saturated rings. The number of aliphatic hydroxyl groups is 1. The molecule has 2 aromatic rings. The van der Waals surface area contributed by atoms with Crippen LogP contribution in [-0.4, -0.2) is 62.2 Å². The van der Waals surface area contributed by atoms with Gasteiger partial charge in [0.05, 0.1) is 29.1 Å². The molecule has 3 aliphatic rings. The summed E-state index contributed by atoms with van der Waals surface area (Å²) in [5.41, 5.74) is -0.816. The van der Waals surface area contributed by atoms with E-state index in [0.29, 0.717) is 43.4 Å². The Labute approximate surface area is 271 Å². The van der Waals surface area contributed by atoms with Crippen LogP contribution >= 0.6 is 11.8 Å². The zero-order valence-electron chi connectivity index (χ0n) is 27.8. The van der Waals surface area contributed by atoms with Crippen LogP contribution in [0.1, 0.15) is 73.6 Å². The van der Waals surface area contributed by atoms with Crippen molar-refractivity contribution in [3.05, 3.63) is 53.6 Å². The largest absolute Gasteiger partial charge is 0.461 e. The van der Waals surface area contributed by atoms with Gasteiger partial charge in [0.15, 0.2) is 0 Å². The van der Waals surface area contributed by atoms with Crippen LogP contribution < -0.4 is 10.9 Å². The highest BCUT2D eigenvalue weighted by Gasteiger charge is 2.68. The lowest BCUT2D eigenvalue weighted by Gasteiger charge is -2.61. The van der Waals surface area contributed by atoms with Crippen LogP contribution in [0.15, 0.2) is 48.0 Å². The van der Waals surface area contributed by atoms with Crippen LogP contribution in [0.4, 0.5) is 0 Å². The van der Waals surface area contributed by atoms with Gasteiger partial charge < -0.3 is 15.2 Å². The molecule has 1 aromatic heterocycles. The maximum Gasteiger partial charge on any atom is 0.316 e. The van der Waals surface area contributed by atoms with Gasteiger partial charge in [-0.15, -0.1) is 18.3 Å². The molecule has 5 rings (SSSR count). The molecule has 2 N–H and O–H groups in total. The summed E-state index contributed by atoms with van der Waals surface area (Å²) in [4.78, 5) is 44.4. The van der Waals surface area contributed by atoms with E-state index in [2.05, 4.69) is 51.5 Å². The van der Waals surface area contributed by atoms with E-state index in [-0.39, 0.29) is 51.0 Å². The molecule has 9 heteroatoms. The summed E-state index contributed by atoms with van der Waals surface area (Å²) < 4.78 is 7.76. The third-order valence-corrected chi connectivity index (χ3v) is 13.3. The predicted octanol–water partition coefficient (Wildman–Crippen LogP) is 5.40. The Hall–Kier alpha value is -2.49. The van der Waals surface area contributed by atoms with Gasteiger partial charge in [0.1, 0.15) is 11.9 Å². The molecule has 2 bridgehead atoms. The fraction of sp³-hybridized carbons (Fsp3) is 0.667. The quantitative estimate of drug-likeness (QED) is 0.202. The molecule has 1 aromatic carbocycles. The summed E-state index contributed by atoms with van der Waals surface area (Å²) in [6, 6.07) is 7.34. The minimum Gasteiger partial charge on any atom is -0.461 e. The number of esters is 1. The molecule has 1 heterocycles. The molecule has 3 saturated carbocycles. The maximum atomic E-state index is 13.6. The zero-order valence-corrected chi connectivity index (χ0v) is 28.6. The second kappa shape index (κ2) is 12.6. The average Bonchev–Trinajstić information content (AvgIpc) is 3.37. The van der Waals surface area contributed by atoms with Crippen molar-refractivity contribution in [3.63, 3.8) is 0 Å². The number of benzene rings is 1. The molecule has 0 spiro atoms. The van der Waals surface area contributed by atoms with Gasteiger partial charge in [-0.3, -0.25) is 19.0 Å². The second-order valence-corrected chi connectivity index (χ2v) is 16.7. The third-order valence-electron chi connectivity index (χ3n) is 12.0. The molecule has 8 atom stereocenters. The zero-order chi connectivity index (χ0) is 32.8. The van der Waals surface area contributed by atoms with E-state index in [9.17, 15) is 19.5 Å². The van der Waals surface area contributed by atoms with Gasteiger partial charge in [0.25, 0.3) is 5.56 Å². The molecule has 0 radical (unpaired) electrons. The van der Waals surface area contributed by atoms with E-state index in [0.717, 1.165) is 19.3 Å². The Bertz CT molecular complexity index is 1510. The number of hydrogen-bond acceptors (Lipinski definition) is 8. The minimum atomic E-state index is -0.678. The van der Waals surface area contributed by atoms with Crippen molar-refractivity contribution in [1.82, 2.24) is 14.9 Å². The molecule has 0 amide bonds. The van der Waals surface area contributed by atoms with E-state index in [4.69, 9.17) is 4.74 Å². The molecule has 0 saturated heterocycles. The smallest absolute Gasteiger partial charge is 0.316 e. The lowest BCUT2D eigenvalue weighted by atomic mass is 9.44. The van der Waals surface area contributed by atoms with Crippen LogP contribution in [0.5, 0.6) is 0 Å². The van der Waals surface area contributed by atoms with Gasteiger partial charge in [-0.05, 0) is 68.9 Å². The first-order chi connectivity index (χ1) is 21.2. The van der Waals surface area contributed by atoms with Crippen molar-refractivity contribution in [2.75, 3.05) is 18.8 Å². The van der Waals surface area contributed by atoms with E-state index in [1.165, 1.54) is 11.8 Å². The third kappa shape index (κ3) is 6.05. The van der Waals surface area contributed by atoms with Gasteiger partial charge in [0, 0.05) is 47.6 Å². The highest BCUT2D eigenvalue weighted by Crippen LogP contribution is 2.68. The molecule has 45 heavy (non-hydrogen) atoms. The first kappa shape index (κ1) is 33.9. The number of aromatic nitrogens is 2. The number of nitrogens with one attached hydrogen (secondary N) is 1. The fourth-order valence-corrected chi connectivity index (χ4v) is 9.63. The van der Waals surface area contributed by atoms with Crippen molar-refractivity contribution >= 4 is 34.4 Å². The molecular weight excluding hydrogens is 586 g/mol. The van der Waals surface area contributed by atoms with Crippen molar-refractivity contribution < 1.29 is 19.4 Å². The summed E-state index contributed by atoms with van der Waals surface area (Å²) in [5.74, 6) is 0.0540. The number of Topliss-reactive ketones (excluding diaryl/α,β-unsaturated/α-hetero) is 1. The summed E-state index contributed by atoms with van der Waals surface area (Å²) in [7, 11) is 0. The normalized spacial score (nSPS) is 35.0. The highest BCUT2D eigenvalue weighted by molar-refractivity contribution is 8.01. The number of nitrogens with zero attached hydrogens (tertiary/aromatic N) is 2. The Morgan fingerprint density at radius 1 is 1.24 bits per heavy atom. The van der Waals surface area contributed by atoms with Crippen molar-refractivity contribution in [2.45, 2.75) is 97.1 Å². The Morgan fingerprint density at radius 2 is 1.98 bits per heavy atom. The topological polar surface area (TPSA) is 111 Å². The molecule has 8 nitrogen and oxygen atoms in total. The first-order valence-corrected chi connectivity index (χ1v) is 17.5. The second-order valence-electron chi connectivity index (χ2n) is 15.0. The SMILES string of the molecule is C=C[C@]1(C)C[C@@H](OC(=O)CSC(C)(C)CNCCn2cnc3ccccc3c2=O)[C@]2(C)[C@H](C)CC[C@]3(CCC(=O)[C@H]32)[C@@H](C)[C@@H]1O. The summed E-state index contributed by atoms with van der Waals surface area (Å²) in [5, 5.41) is 15.8.